The lowest BCUT2D eigenvalue weighted by Gasteiger charge is -2.12. The number of ether oxygens (including phenoxy) is 3. The SMILES string of the molecule is CCOC(=O)C/C(=C1\C(=O)ON=C1c1ccc(OC)cc1)c1ccc(OC)cc1. The number of carbonyl (C=O) groups is 2. The second kappa shape index (κ2) is 9.05. The molecule has 0 atom stereocenters. The quantitative estimate of drug-likeness (QED) is 0.406. The first-order valence-corrected chi connectivity index (χ1v) is 9.04. The van der Waals surface area contributed by atoms with Crippen molar-refractivity contribution in [2.45, 2.75) is 13.3 Å². The van der Waals surface area contributed by atoms with Crippen molar-refractivity contribution in [2.75, 3.05) is 20.8 Å². The molecule has 0 radical (unpaired) electrons. The van der Waals surface area contributed by atoms with Crippen LogP contribution in [0.25, 0.3) is 5.57 Å². The van der Waals surface area contributed by atoms with Gasteiger partial charge >= 0.3 is 11.9 Å². The van der Waals surface area contributed by atoms with Gasteiger partial charge in [-0.15, -0.1) is 0 Å². The summed E-state index contributed by atoms with van der Waals surface area (Å²) in [6.07, 6.45) is -0.0974. The van der Waals surface area contributed by atoms with Crippen LogP contribution in [0, 0.1) is 0 Å². The van der Waals surface area contributed by atoms with E-state index in [1.54, 1.807) is 69.7 Å². The minimum Gasteiger partial charge on any atom is -0.497 e. The minimum atomic E-state index is -0.620. The first kappa shape index (κ1) is 20.1. The van der Waals surface area contributed by atoms with Crippen molar-refractivity contribution in [3.8, 4) is 11.5 Å². The molecule has 2 aromatic carbocycles. The summed E-state index contributed by atoms with van der Waals surface area (Å²) in [5.41, 5.74) is 2.40. The Kier molecular flexibility index (Phi) is 6.29. The van der Waals surface area contributed by atoms with E-state index in [2.05, 4.69) is 5.16 Å². The lowest BCUT2D eigenvalue weighted by atomic mass is 9.91. The van der Waals surface area contributed by atoms with Crippen molar-refractivity contribution in [3.05, 3.63) is 65.2 Å². The molecular weight excluding hydrogens is 374 g/mol. The maximum absolute atomic E-state index is 12.6. The zero-order valence-corrected chi connectivity index (χ0v) is 16.4. The second-order valence-electron chi connectivity index (χ2n) is 6.11. The summed E-state index contributed by atoms with van der Waals surface area (Å²) in [6, 6.07) is 14.1. The number of oxime groups is 1. The van der Waals surface area contributed by atoms with Crippen LogP contribution in [0.1, 0.15) is 24.5 Å². The van der Waals surface area contributed by atoms with Gasteiger partial charge in [-0.2, -0.15) is 0 Å². The summed E-state index contributed by atoms with van der Waals surface area (Å²) >= 11 is 0. The third-order valence-electron chi connectivity index (χ3n) is 4.39. The molecule has 3 rings (SSSR count). The van der Waals surface area contributed by atoms with Crippen LogP contribution in [0.3, 0.4) is 0 Å². The Morgan fingerprint density at radius 3 is 2.10 bits per heavy atom. The summed E-state index contributed by atoms with van der Waals surface area (Å²) in [5, 5.41) is 3.95. The number of hydrogen-bond donors (Lipinski definition) is 0. The fourth-order valence-corrected chi connectivity index (χ4v) is 2.97. The molecule has 1 aliphatic rings. The van der Waals surface area contributed by atoms with Gasteiger partial charge in [0.15, 0.2) is 0 Å². The highest BCUT2D eigenvalue weighted by molar-refractivity contribution is 6.33. The first-order valence-electron chi connectivity index (χ1n) is 9.04. The molecule has 0 amide bonds. The molecule has 0 fully saturated rings. The molecular formula is C22H21NO6. The molecule has 1 aliphatic heterocycles. The second-order valence-corrected chi connectivity index (χ2v) is 6.11. The number of nitrogens with zero attached hydrogens (tertiary/aromatic N) is 1. The van der Waals surface area contributed by atoms with Crippen molar-refractivity contribution in [1.29, 1.82) is 0 Å². The predicted molar refractivity (Wildman–Crippen MR) is 107 cm³/mol. The van der Waals surface area contributed by atoms with Crippen molar-refractivity contribution in [2.24, 2.45) is 5.16 Å². The van der Waals surface area contributed by atoms with Crippen LogP contribution >= 0.6 is 0 Å². The van der Waals surface area contributed by atoms with Crippen LogP contribution in [0.4, 0.5) is 0 Å². The van der Waals surface area contributed by atoms with Crippen LogP contribution in [-0.2, 0) is 19.2 Å². The molecule has 0 saturated carbocycles. The van der Waals surface area contributed by atoms with Crippen molar-refractivity contribution in [3.63, 3.8) is 0 Å². The normalized spacial score (nSPS) is 14.7. The third-order valence-corrected chi connectivity index (χ3v) is 4.39. The molecule has 7 heteroatoms. The fourth-order valence-electron chi connectivity index (χ4n) is 2.97. The number of esters is 1. The lowest BCUT2D eigenvalue weighted by molar-refractivity contribution is -0.141. The molecule has 1 heterocycles. The predicted octanol–water partition coefficient (Wildman–Crippen LogP) is 3.37. The van der Waals surface area contributed by atoms with Gasteiger partial charge in [-0.25, -0.2) is 4.79 Å². The van der Waals surface area contributed by atoms with Gasteiger partial charge in [-0.05, 0) is 54.5 Å². The number of benzene rings is 2. The van der Waals surface area contributed by atoms with Crippen LogP contribution < -0.4 is 9.47 Å². The lowest BCUT2D eigenvalue weighted by Crippen LogP contribution is -2.13. The molecule has 150 valence electrons. The maximum Gasteiger partial charge on any atom is 0.368 e. The smallest absolute Gasteiger partial charge is 0.368 e. The van der Waals surface area contributed by atoms with Gasteiger partial charge in [0.05, 0.1) is 32.8 Å². The van der Waals surface area contributed by atoms with Gasteiger partial charge in [0.2, 0.25) is 0 Å². The van der Waals surface area contributed by atoms with E-state index in [4.69, 9.17) is 19.0 Å². The van der Waals surface area contributed by atoms with Crippen LogP contribution in [-0.4, -0.2) is 38.5 Å². The summed E-state index contributed by atoms with van der Waals surface area (Å²) in [7, 11) is 3.14. The molecule has 0 spiro atoms. The van der Waals surface area contributed by atoms with E-state index in [1.807, 2.05) is 0 Å². The van der Waals surface area contributed by atoms with E-state index in [-0.39, 0.29) is 18.6 Å². The zero-order valence-electron chi connectivity index (χ0n) is 16.4. The van der Waals surface area contributed by atoms with Crippen LogP contribution in [0.2, 0.25) is 0 Å². The molecule has 29 heavy (non-hydrogen) atoms. The topological polar surface area (TPSA) is 83.4 Å². The highest BCUT2D eigenvalue weighted by Crippen LogP contribution is 2.31. The summed E-state index contributed by atoms with van der Waals surface area (Å²) in [4.78, 5) is 29.8. The highest BCUT2D eigenvalue weighted by Gasteiger charge is 2.32. The molecule has 0 bridgehead atoms. The average Bonchev–Trinajstić information content (AvgIpc) is 3.13. The van der Waals surface area contributed by atoms with Gasteiger partial charge in [-0.1, -0.05) is 17.3 Å². The average molecular weight is 395 g/mol. The Morgan fingerprint density at radius 2 is 1.55 bits per heavy atom. The van der Waals surface area contributed by atoms with Crippen LogP contribution in [0.5, 0.6) is 11.5 Å². The molecule has 7 nitrogen and oxygen atoms in total. The van der Waals surface area contributed by atoms with E-state index in [0.717, 1.165) is 0 Å². The van der Waals surface area contributed by atoms with E-state index in [1.165, 1.54) is 0 Å². The zero-order chi connectivity index (χ0) is 20.8. The van der Waals surface area contributed by atoms with Gasteiger partial charge in [0.1, 0.15) is 17.2 Å². The summed E-state index contributed by atoms with van der Waals surface area (Å²) < 4.78 is 15.5. The molecule has 0 unspecified atom stereocenters. The van der Waals surface area contributed by atoms with Crippen molar-refractivity contribution < 1.29 is 28.6 Å². The monoisotopic (exact) mass is 395 g/mol. The van der Waals surface area contributed by atoms with Crippen molar-refractivity contribution in [1.82, 2.24) is 0 Å². The molecule has 0 N–H and O–H groups in total. The molecule has 2 aromatic rings. The summed E-state index contributed by atoms with van der Waals surface area (Å²) in [5.74, 6) is 0.268. The maximum atomic E-state index is 12.6. The van der Waals surface area contributed by atoms with Gasteiger partial charge in [-0.3, -0.25) is 4.79 Å². The van der Waals surface area contributed by atoms with E-state index in [0.29, 0.717) is 33.9 Å². The van der Waals surface area contributed by atoms with E-state index in [9.17, 15) is 9.59 Å². The van der Waals surface area contributed by atoms with E-state index >= 15 is 0 Å². The van der Waals surface area contributed by atoms with E-state index < -0.39 is 11.9 Å². The molecule has 0 aromatic heterocycles. The highest BCUT2D eigenvalue weighted by atomic mass is 16.7. The Bertz CT molecular complexity index is 958. The number of methoxy groups -OCH3 is 2. The molecule has 0 aliphatic carbocycles. The van der Waals surface area contributed by atoms with Crippen LogP contribution in [0.15, 0.2) is 59.3 Å². The minimum absolute atomic E-state index is 0.0974. The standard InChI is InChI=1S/C22H21NO6/c1-4-28-19(24)13-18(14-5-9-16(26-2)10-6-14)20-21(23-29-22(20)25)15-7-11-17(27-3)12-8-15/h5-12H,4,13H2,1-3H3/b20-18+. The Morgan fingerprint density at radius 1 is 0.966 bits per heavy atom. The van der Waals surface area contributed by atoms with Gasteiger partial charge < -0.3 is 19.0 Å². The Labute approximate surface area is 168 Å². The first-order chi connectivity index (χ1) is 14.1. The molecule has 0 saturated heterocycles. The Hall–Kier alpha value is -3.61. The van der Waals surface area contributed by atoms with Gasteiger partial charge in [0, 0.05) is 5.56 Å². The fraction of sp³-hybridized carbons (Fsp3) is 0.227. The number of carbonyl (C=O) groups excluding carboxylic acids is 2. The van der Waals surface area contributed by atoms with Gasteiger partial charge in [0.25, 0.3) is 0 Å². The third kappa shape index (κ3) is 4.45. The number of hydrogen-bond acceptors (Lipinski definition) is 7. The summed E-state index contributed by atoms with van der Waals surface area (Å²) in [6.45, 7) is 1.97. The Balaban J connectivity index is 2.10. The van der Waals surface area contributed by atoms with Crippen molar-refractivity contribution >= 4 is 23.2 Å². The largest absolute Gasteiger partial charge is 0.497 e. The number of rotatable bonds is 7.